The maximum atomic E-state index is 12.7. The van der Waals surface area contributed by atoms with Gasteiger partial charge in [-0.3, -0.25) is 9.78 Å². The smallest absolute Gasteiger partial charge is 0.383 e. The highest BCUT2D eigenvalue weighted by molar-refractivity contribution is 6.32. The van der Waals surface area contributed by atoms with E-state index in [1.807, 2.05) is 0 Å². The Bertz CT molecular complexity index is 999. The Labute approximate surface area is 156 Å². The summed E-state index contributed by atoms with van der Waals surface area (Å²) < 4.78 is 39.2. The number of amides is 1. The highest BCUT2D eigenvalue weighted by atomic mass is 35.5. The Morgan fingerprint density at radius 3 is 2.44 bits per heavy atom. The standard InChI is InChI=1S/C17H13ClF3N5O/c18-11-3-1-2-4-13(11)26-15(22)14(16(23)27)12(25-26)7-10-6-5-9(8-24-10)17(19,20)21/h1-6,8H,7,22H2,(H2,23,27). The van der Waals surface area contributed by atoms with Crippen LogP contribution in [0.15, 0.2) is 42.6 Å². The van der Waals surface area contributed by atoms with E-state index in [9.17, 15) is 18.0 Å². The SMILES string of the molecule is NC(=O)c1c(Cc2ccc(C(F)(F)F)cn2)nn(-c2ccccc2Cl)c1N. The Balaban J connectivity index is 2.02. The summed E-state index contributed by atoms with van der Waals surface area (Å²) in [6, 6.07) is 8.81. The van der Waals surface area contributed by atoms with Crippen LogP contribution < -0.4 is 11.5 Å². The second-order valence-corrected chi connectivity index (χ2v) is 6.05. The maximum absolute atomic E-state index is 12.7. The minimum atomic E-state index is -4.49. The average molecular weight is 396 g/mol. The molecule has 0 saturated heterocycles. The summed E-state index contributed by atoms with van der Waals surface area (Å²) in [6.07, 6.45) is -3.80. The molecule has 140 valence electrons. The van der Waals surface area contributed by atoms with Crippen LogP contribution in [-0.4, -0.2) is 20.7 Å². The molecule has 0 aliphatic carbocycles. The van der Waals surface area contributed by atoms with Gasteiger partial charge in [-0.05, 0) is 24.3 Å². The zero-order valence-electron chi connectivity index (χ0n) is 13.7. The number of anilines is 1. The molecule has 3 aromatic rings. The minimum absolute atomic E-state index is 0.0162. The van der Waals surface area contributed by atoms with Gasteiger partial charge in [-0.1, -0.05) is 23.7 Å². The molecule has 4 N–H and O–H groups in total. The van der Waals surface area contributed by atoms with E-state index in [0.29, 0.717) is 16.9 Å². The van der Waals surface area contributed by atoms with Crippen LogP contribution in [0.2, 0.25) is 5.02 Å². The van der Waals surface area contributed by atoms with E-state index in [1.54, 1.807) is 24.3 Å². The first kappa shape index (κ1) is 18.7. The van der Waals surface area contributed by atoms with Crippen LogP contribution in [0.3, 0.4) is 0 Å². The Morgan fingerprint density at radius 1 is 1.19 bits per heavy atom. The number of para-hydroxylation sites is 1. The summed E-state index contributed by atoms with van der Waals surface area (Å²) in [6.45, 7) is 0. The van der Waals surface area contributed by atoms with Crippen LogP contribution in [0, 0.1) is 0 Å². The molecule has 0 aliphatic rings. The third kappa shape index (κ3) is 3.72. The van der Waals surface area contributed by atoms with E-state index in [-0.39, 0.29) is 29.2 Å². The molecule has 2 heterocycles. The van der Waals surface area contributed by atoms with E-state index >= 15 is 0 Å². The lowest BCUT2D eigenvalue weighted by Gasteiger charge is -2.06. The van der Waals surface area contributed by atoms with Gasteiger partial charge in [-0.2, -0.15) is 18.3 Å². The molecular formula is C17H13ClF3N5O. The molecule has 1 amide bonds. The number of aromatic nitrogens is 3. The van der Waals surface area contributed by atoms with Crippen LogP contribution in [-0.2, 0) is 12.6 Å². The van der Waals surface area contributed by atoms with Gasteiger partial charge in [-0.25, -0.2) is 4.68 Å². The Morgan fingerprint density at radius 2 is 1.89 bits per heavy atom. The third-order valence-electron chi connectivity index (χ3n) is 3.82. The molecule has 0 atom stereocenters. The predicted octanol–water partition coefficient (Wildman–Crippen LogP) is 3.21. The molecule has 0 fully saturated rings. The van der Waals surface area contributed by atoms with Gasteiger partial charge >= 0.3 is 6.18 Å². The number of nitrogens with two attached hydrogens (primary N) is 2. The Kier molecular flexibility index (Phi) is 4.79. The lowest BCUT2D eigenvalue weighted by molar-refractivity contribution is -0.137. The summed E-state index contributed by atoms with van der Waals surface area (Å²) in [5.74, 6) is -0.828. The van der Waals surface area contributed by atoms with Crippen LogP contribution >= 0.6 is 11.6 Å². The van der Waals surface area contributed by atoms with Gasteiger partial charge in [0.05, 0.1) is 22.0 Å². The molecule has 27 heavy (non-hydrogen) atoms. The summed E-state index contributed by atoms with van der Waals surface area (Å²) in [5, 5.41) is 4.62. The first-order valence-electron chi connectivity index (χ1n) is 7.62. The molecule has 2 aromatic heterocycles. The second-order valence-electron chi connectivity index (χ2n) is 5.65. The minimum Gasteiger partial charge on any atom is -0.383 e. The summed E-state index contributed by atoms with van der Waals surface area (Å²) in [5.41, 5.74) is 11.4. The number of hydrogen-bond acceptors (Lipinski definition) is 4. The summed E-state index contributed by atoms with van der Waals surface area (Å²) in [4.78, 5) is 15.6. The van der Waals surface area contributed by atoms with Crippen molar-refractivity contribution in [2.45, 2.75) is 12.6 Å². The van der Waals surface area contributed by atoms with Crippen molar-refractivity contribution >= 4 is 23.3 Å². The van der Waals surface area contributed by atoms with Crippen molar-refractivity contribution in [2.24, 2.45) is 5.73 Å². The first-order valence-corrected chi connectivity index (χ1v) is 8.00. The van der Waals surface area contributed by atoms with Gasteiger partial charge in [-0.15, -0.1) is 0 Å². The first-order chi connectivity index (χ1) is 12.7. The molecule has 6 nitrogen and oxygen atoms in total. The topological polar surface area (TPSA) is 99.8 Å². The van der Waals surface area contributed by atoms with Gasteiger partial charge in [0.1, 0.15) is 11.4 Å². The predicted molar refractivity (Wildman–Crippen MR) is 93.5 cm³/mol. The number of hydrogen-bond donors (Lipinski definition) is 2. The highest BCUT2D eigenvalue weighted by Gasteiger charge is 2.31. The lowest BCUT2D eigenvalue weighted by atomic mass is 10.1. The number of halogens is 4. The van der Waals surface area contributed by atoms with Crippen LogP contribution in [0.1, 0.15) is 27.3 Å². The van der Waals surface area contributed by atoms with Gasteiger partial charge in [0, 0.05) is 18.3 Å². The molecular weight excluding hydrogens is 383 g/mol. The second kappa shape index (κ2) is 6.92. The normalized spacial score (nSPS) is 11.6. The molecule has 0 bridgehead atoms. The molecule has 1 aromatic carbocycles. The van der Waals surface area contributed by atoms with Crippen molar-refractivity contribution in [2.75, 3.05) is 5.73 Å². The van der Waals surface area contributed by atoms with Crippen molar-refractivity contribution < 1.29 is 18.0 Å². The van der Waals surface area contributed by atoms with E-state index in [4.69, 9.17) is 23.1 Å². The number of primary amides is 1. The van der Waals surface area contributed by atoms with E-state index in [0.717, 1.165) is 6.07 Å². The monoisotopic (exact) mass is 395 g/mol. The van der Waals surface area contributed by atoms with Gasteiger partial charge in [0.15, 0.2) is 0 Å². The Hall–Kier alpha value is -3.07. The molecule has 0 unspecified atom stereocenters. The van der Waals surface area contributed by atoms with E-state index in [1.165, 1.54) is 10.7 Å². The fourth-order valence-electron chi connectivity index (χ4n) is 2.55. The van der Waals surface area contributed by atoms with Gasteiger partial charge < -0.3 is 11.5 Å². The van der Waals surface area contributed by atoms with Crippen molar-refractivity contribution in [1.82, 2.24) is 14.8 Å². The highest BCUT2D eigenvalue weighted by Crippen LogP contribution is 2.29. The van der Waals surface area contributed by atoms with E-state index < -0.39 is 17.6 Å². The quantitative estimate of drug-likeness (QED) is 0.708. The summed E-state index contributed by atoms with van der Waals surface area (Å²) >= 11 is 6.14. The van der Waals surface area contributed by atoms with Gasteiger partial charge in [0.2, 0.25) is 0 Å². The summed E-state index contributed by atoms with van der Waals surface area (Å²) in [7, 11) is 0. The number of rotatable bonds is 4. The molecule has 3 rings (SSSR count). The van der Waals surface area contributed by atoms with Crippen LogP contribution in [0.4, 0.5) is 19.0 Å². The fraction of sp³-hybridized carbons (Fsp3) is 0.118. The molecule has 10 heteroatoms. The van der Waals surface area contributed by atoms with Crippen molar-refractivity contribution in [1.29, 1.82) is 0 Å². The van der Waals surface area contributed by atoms with Crippen LogP contribution in [0.25, 0.3) is 5.69 Å². The lowest BCUT2D eigenvalue weighted by Crippen LogP contribution is -2.15. The number of alkyl halides is 3. The van der Waals surface area contributed by atoms with Crippen molar-refractivity contribution in [3.05, 3.63) is 70.1 Å². The molecule has 0 aliphatic heterocycles. The zero-order valence-corrected chi connectivity index (χ0v) is 14.4. The number of carbonyl (C=O) groups excluding carboxylic acids is 1. The number of nitrogens with zero attached hydrogens (tertiary/aromatic N) is 3. The third-order valence-corrected chi connectivity index (χ3v) is 4.14. The van der Waals surface area contributed by atoms with Crippen molar-refractivity contribution in [3.8, 4) is 5.69 Å². The fourth-order valence-corrected chi connectivity index (χ4v) is 2.76. The van der Waals surface area contributed by atoms with Crippen molar-refractivity contribution in [3.63, 3.8) is 0 Å². The van der Waals surface area contributed by atoms with Gasteiger partial charge in [0.25, 0.3) is 5.91 Å². The van der Waals surface area contributed by atoms with E-state index in [2.05, 4.69) is 10.1 Å². The maximum Gasteiger partial charge on any atom is 0.417 e. The zero-order chi connectivity index (χ0) is 19.8. The number of carbonyl (C=O) groups is 1. The largest absolute Gasteiger partial charge is 0.417 e. The molecule has 0 radical (unpaired) electrons. The molecule has 0 spiro atoms. The molecule has 0 saturated carbocycles. The number of nitrogen functional groups attached to an aromatic ring is 1. The van der Waals surface area contributed by atoms with Crippen LogP contribution in [0.5, 0.6) is 0 Å². The number of benzene rings is 1. The average Bonchev–Trinajstić information content (AvgIpc) is 2.91. The number of pyridine rings is 1.